The molecule has 1 saturated heterocycles. The number of thiophene rings is 1. The molecular formula is C12H20N2O3S2. The van der Waals surface area contributed by atoms with Gasteiger partial charge in [-0.15, -0.1) is 11.3 Å². The molecule has 0 radical (unpaired) electrons. The molecule has 0 aliphatic carbocycles. The predicted molar refractivity (Wildman–Crippen MR) is 75.6 cm³/mol. The summed E-state index contributed by atoms with van der Waals surface area (Å²) in [7, 11) is -3.39. The monoisotopic (exact) mass is 304 g/mol. The maximum atomic E-state index is 12.5. The molecule has 0 spiro atoms. The fourth-order valence-electron chi connectivity index (χ4n) is 2.32. The fraction of sp³-hybridized carbons (Fsp3) is 0.667. The van der Waals surface area contributed by atoms with Crippen LogP contribution >= 0.6 is 11.3 Å². The molecule has 1 fully saturated rings. The average molecular weight is 304 g/mol. The van der Waals surface area contributed by atoms with Crippen molar-refractivity contribution in [2.75, 3.05) is 19.7 Å². The van der Waals surface area contributed by atoms with E-state index in [1.54, 1.807) is 15.8 Å². The molecule has 0 aromatic carbocycles. The van der Waals surface area contributed by atoms with E-state index in [1.807, 2.05) is 6.92 Å². The second-order valence-electron chi connectivity index (χ2n) is 4.47. The van der Waals surface area contributed by atoms with E-state index >= 15 is 0 Å². The Bertz CT molecular complexity index is 505. The summed E-state index contributed by atoms with van der Waals surface area (Å²) in [5.41, 5.74) is 5.59. The lowest BCUT2D eigenvalue weighted by molar-refractivity contribution is 0.0290. The molecule has 1 aromatic rings. The van der Waals surface area contributed by atoms with Crippen LogP contribution in [0.15, 0.2) is 16.3 Å². The first kappa shape index (κ1) is 14.9. The van der Waals surface area contributed by atoms with Gasteiger partial charge in [0.25, 0.3) is 0 Å². The van der Waals surface area contributed by atoms with Gasteiger partial charge in [0.15, 0.2) is 0 Å². The van der Waals surface area contributed by atoms with Crippen LogP contribution in [0, 0.1) is 0 Å². The van der Waals surface area contributed by atoms with Crippen molar-refractivity contribution in [3.63, 3.8) is 0 Å². The second-order valence-corrected chi connectivity index (χ2v) is 7.38. The number of ether oxygens (including phenoxy) is 1. The SMILES string of the molecule is CCOC1CCN(S(=O)(=O)c2ccsc2CN)CC1. The molecule has 108 valence electrons. The quantitative estimate of drug-likeness (QED) is 0.892. The molecule has 2 rings (SSSR count). The number of nitrogens with two attached hydrogens (primary N) is 1. The Balaban J connectivity index is 2.10. The van der Waals surface area contributed by atoms with E-state index in [9.17, 15) is 8.42 Å². The van der Waals surface area contributed by atoms with Crippen LogP contribution in [0.5, 0.6) is 0 Å². The van der Waals surface area contributed by atoms with Gasteiger partial charge in [-0.3, -0.25) is 0 Å². The van der Waals surface area contributed by atoms with E-state index in [0.29, 0.717) is 24.6 Å². The second kappa shape index (κ2) is 6.32. The fourth-order valence-corrected chi connectivity index (χ4v) is 5.10. The molecule has 0 atom stereocenters. The number of sulfonamides is 1. The predicted octanol–water partition coefficient (Wildman–Crippen LogP) is 1.40. The van der Waals surface area contributed by atoms with Crippen LogP contribution in [0.3, 0.4) is 0 Å². The van der Waals surface area contributed by atoms with E-state index in [4.69, 9.17) is 10.5 Å². The molecule has 0 saturated carbocycles. The molecule has 5 nitrogen and oxygen atoms in total. The Morgan fingerprint density at radius 1 is 1.47 bits per heavy atom. The molecule has 2 N–H and O–H groups in total. The summed E-state index contributed by atoms with van der Waals surface area (Å²) in [5, 5.41) is 1.78. The third-order valence-electron chi connectivity index (χ3n) is 3.31. The highest BCUT2D eigenvalue weighted by atomic mass is 32.2. The van der Waals surface area contributed by atoms with Crippen molar-refractivity contribution in [2.45, 2.75) is 37.3 Å². The van der Waals surface area contributed by atoms with Crippen molar-refractivity contribution in [1.82, 2.24) is 4.31 Å². The molecule has 2 heterocycles. The summed E-state index contributed by atoms with van der Waals surface area (Å²) in [6.45, 7) is 3.95. The van der Waals surface area contributed by atoms with E-state index < -0.39 is 10.0 Å². The standard InChI is InChI=1S/C12H20N2O3S2/c1-2-17-10-3-6-14(7-4-10)19(15,16)12-5-8-18-11(12)9-13/h5,8,10H,2-4,6-7,9,13H2,1H3. The van der Waals surface area contributed by atoms with E-state index in [0.717, 1.165) is 17.7 Å². The maximum Gasteiger partial charge on any atom is 0.244 e. The third-order valence-corrected chi connectivity index (χ3v) is 6.37. The number of hydrogen-bond donors (Lipinski definition) is 1. The minimum absolute atomic E-state index is 0.188. The third kappa shape index (κ3) is 3.17. The Kier molecular flexibility index (Phi) is 4.97. The summed E-state index contributed by atoms with van der Waals surface area (Å²) < 4.78 is 32.1. The van der Waals surface area contributed by atoms with Crippen molar-refractivity contribution >= 4 is 21.4 Å². The minimum Gasteiger partial charge on any atom is -0.378 e. The van der Waals surface area contributed by atoms with Crippen molar-refractivity contribution in [3.05, 3.63) is 16.3 Å². The molecule has 0 unspecified atom stereocenters. The van der Waals surface area contributed by atoms with Gasteiger partial charge in [0.1, 0.15) is 0 Å². The first-order valence-corrected chi connectivity index (χ1v) is 8.79. The van der Waals surface area contributed by atoms with Gasteiger partial charge in [-0.2, -0.15) is 4.31 Å². The van der Waals surface area contributed by atoms with Gasteiger partial charge in [0.2, 0.25) is 10.0 Å². The number of rotatable bonds is 5. The van der Waals surface area contributed by atoms with Crippen LogP contribution in [0.25, 0.3) is 0 Å². The van der Waals surface area contributed by atoms with E-state index in [2.05, 4.69) is 0 Å². The topological polar surface area (TPSA) is 72.6 Å². The molecule has 1 aliphatic rings. The normalized spacial score (nSPS) is 18.8. The molecule has 0 bridgehead atoms. The molecule has 0 amide bonds. The summed E-state index contributed by atoms with van der Waals surface area (Å²) in [5.74, 6) is 0. The molecule has 7 heteroatoms. The molecule has 19 heavy (non-hydrogen) atoms. The van der Waals surface area contributed by atoms with Gasteiger partial charge >= 0.3 is 0 Å². The van der Waals surface area contributed by atoms with Crippen molar-refractivity contribution < 1.29 is 13.2 Å². The first-order valence-electron chi connectivity index (χ1n) is 6.47. The highest BCUT2D eigenvalue weighted by Crippen LogP contribution is 2.27. The molecule has 1 aromatic heterocycles. The molecular weight excluding hydrogens is 284 g/mol. The zero-order valence-electron chi connectivity index (χ0n) is 11.0. The summed E-state index contributed by atoms with van der Waals surface area (Å²) in [4.78, 5) is 1.10. The van der Waals surface area contributed by atoms with Crippen molar-refractivity contribution in [1.29, 1.82) is 0 Å². The number of nitrogens with zero attached hydrogens (tertiary/aromatic N) is 1. The van der Waals surface area contributed by atoms with Crippen molar-refractivity contribution in [2.24, 2.45) is 5.73 Å². The lowest BCUT2D eigenvalue weighted by Gasteiger charge is -2.30. The molecule has 1 aliphatic heterocycles. The van der Waals surface area contributed by atoms with Gasteiger partial charge in [-0.25, -0.2) is 8.42 Å². The Morgan fingerprint density at radius 2 is 2.16 bits per heavy atom. The van der Waals surface area contributed by atoms with E-state index in [-0.39, 0.29) is 12.6 Å². The lowest BCUT2D eigenvalue weighted by Crippen LogP contribution is -2.41. The Hall–Kier alpha value is -0.470. The largest absolute Gasteiger partial charge is 0.378 e. The summed E-state index contributed by atoms with van der Waals surface area (Å²) in [6.07, 6.45) is 1.71. The highest BCUT2D eigenvalue weighted by Gasteiger charge is 2.31. The van der Waals surface area contributed by atoms with Gasteiger partial charge in [-0.1, -0.05) is 0 Å². The smallest absolute Gasteiger partial charge is 0.244 e. The Labute approximate surface area is 118 Å². The van der Waals surface area contributed by atoms with Crippen LogP contribution in [0.4, 0.5) is 0 Å². The first-order chi connectivity index (χ1) is 9.09. The zero-order chi connectivity index (χ0) is 13.9. The summed E-state index contributed by atoms with van der Waals surface area (Å²) in [6, 6.07) is 1.65. The maximum absolute atomic E-state index is 12.5. The number of piperidine rings is 1. The minimum atomic E-state index is -3.39. The Morgan fingerprint density at radius 3 is 2.74 bits per heavy atom. The van der Waals surface area contributed by atoms with E-state index in [1.165, 1.54) is 11.3 Å². The highest BCUT2D eigenvalue weighted by molar-refractivity contribution is 7.89. The van der Waals surface area contributed by atoms with Gasteiger partial charge in [-0.05, 0) is 31.2 Å². The van der Waals surface area contributed by atoms with Crippen LogP contribution in [0.2, 0.25) is 0 Å². The lowest BCUT2D eigenvalue weighted by atomic mass is 10.1. The van der Waals surface area contributed by atoms with Crippen LogP contribution in [0.1, 0.15) is 24.6 Å². The zero-order valence-corrected chi connectivity index (χ0v) is 12.7. The average Bonchev–Trinajstić information content (AvgIpc) is 2.89. The van der Waals surface area contributed by atoms with Crippen molar-refractivity contribution in [3.8, 4) is 0 Å². The van der Waals surface area contributed by atoms with Crippen LogP contribution in [-0.2, 0) is 21.3 Å². The van der Waals surface area contributed by atoms with Gasteiger partial charge in [0.05, 0.1) is 11.0 Å². The van der Waals surface area contributed by atoms with Crippen LogP contribution < -0.4 is 5.73 Å². The van der Waals surface area contributed by atoms with Gasteiger partial charge < -0.3 is 10.5 Å². The summed E-state index contributed by atoms with van der Waals surface area (Å²) >= 11 is 1.39. The number of hydrogen-bond acceptors (Lipinski definition) is 5. The van der Waals surface area contributed by atoms with Crippen LogP contribution in [-0.4, -0.2) is 38.5 Å². The van der Waals surface area contributed by atoms with Gasteiger partial charge in [0, 0.05) is 31.1 Å².